The Hall–Kier alpha value is -0.830. The van der Waals surface area contributed by atoms with Gasteiger partial charge in [-0.3, -0.25) is 0 Å². The van der Waals surface area contributed by atoms with Gasteiger partial charge >= 0.3 is 0 Å². The van der Waals surface area contributed by atoms with Crippen LogP contribution in [0.15, 0.2) is 46.9 Å². The monoisotopic (exact) mass is 321 g/mol. The average molecular weight is 323 g/mol. The molecular formula is C15H13BrClN. The largest absolute Gasteiger partial charge is 0.305 e. The second-order valence-electron chi connectivity index (χ2n) is 4.53. The summed E-state index contributed by atoms with van der Waals surface area (Å²) in [7, 11) is 0. The predicted molar refractivity (Wildman–Crippen MR) is 78.9 cm³/mol. The van der Waals surface area contributed by atoms with Gasteiger partial charge in [-0.1, -0.05) is 57.9 Å². The van der Waals surface area contributed by atoms with E-state index in [1.807, 2.05) is 18.2 Å². The van der Waals surface area contributed by atoms with Crippen LogP contribution in [-0.4, -0.2) is 0 Å². The van der Waals surface area contributed by atoms with Crippen molar-refractivity contribution >= 4 is 27.5 Å². The number of hydrogen-bond acceptors (Lipinski definition) is 1. The first-order valence-corrected chi connectivity index (χ1v) is 7.17. The van der Waals surface area contributed by atoms with Gasteiger partial charge in [-0.05, 0) is 35.2 Å². The van der Waals surface area contributed by atoms with Crippen molar-refractivity contribution < 1.29 is 0 Å². The highest BCUT2D eigenvalue weighted by atomic mass is 79.9. The Balaban J connectivity index is 1.96. The molecule has 0 aromatic heterocycles. The van der Waals surface area contributed by atoms with Crippen LogP contribution >= 0.6 is 27.5 Å². The van der Waals surface area contributed by atoms with Crippen LogP contribution in [0.2, 0.25) is 5.02 Å². The van der Waals surface area contributed by atoms with E-state index in [1.165, 1.54) is 16.7 Å². The number of hydrogen-bond donors (Lipinski definition) is 1. The molecule has 3 rings (SSSR count). The van der Waals surface area contributed by atoms with Crippen molar-refractivity contribution in [2.45, 2.75) is 19.0 Å². The molecule has 0 radical (unpaired) electrons. The molecule has 92 valence electrons. The molecule has 3 heteroatoms. The number of rotatable bonds is 1. The maximum Gasteiger partial charge on any atom is 0.0454 e. The van der Waals surface area contributed by atoms with E-state index >= 15 is 0 Å². The maximum atomic E-state index is 6.25. The third-order valence-electron chi connectivity index (χ3n) is 3.45. The van der Waals surface area contributed by atoms with Crippen molar-refractivity contribution in [2.24, 2.45) is 0 Å². The van der Waals surface area contributed by atoms with E-state index in [0.717, 1.165) is 22.5 Å². The fraction of sp³-hybridized carbons (Fsp3) is 0.200. The molecule has 2 aromatic rings. The lowest BCUT2D eigenvalue weighted by Gasteiger charge is -2.28. The van der Waals surface area contributed by atoms with E-state index in [1.54, 1.807) is 0 Å². The smallest absolute Gasteiger partial charge is 0.0454 e. The summed E-state index contributed by atoms with van der Waals surface area (Å²) in [4.78, 5) is 0. The van der Waals surface area contributed by atoms with Crippen molar-refractivity contribution in [3.63, 3.8) is 0 Å². The van der Waals surface area contributed by atoms with Crippen LogP contribution in [0.3, 0.4) is 0 Å². The summed E-state index contributed by atoms with van der Waals surface area (Å²) >= 11 is 9.88. The summed E-state index contributed by atoms with van der Waals surface area (Å²) in [6.07, 6.45) is 0.973. The first-order valence-electron chi connectivity index (χ1n) is 6.00. The summed E-state index contributed by atoms with van der Waals surface area (Å²) < 4.78 is 1.16. The second-order valence-corrected chi connectivity index (χ2v) is 5.80. The van der Waals surface area contributed by atoms with Crippen molar-refractivity contribution in [1.29, 1.82) is 0 Å². The van der Waals surface area contributed by atoms with Crippen molar-refractivity contribution in [2.75, 3.05) is 0 Å². The molecule has 1 aliphatic heterocycles. The van der Waals surface area contributed by atoms with Gasteiger partial charge in [0.15, 0.2) is 0 Å². The predicted octanol–water partition coefficient (Wildman–Crippen LogP) is 4.49. The maximum absolute atomic E-state index is 6.25. The normalized spacial score (nSPS) is 18.4. The fourth-order valence-electron chi connectivity index (χ4n) is 2.47. The minimum Gasteiger partial charge on any atom is -0.305 e. The average Bonchev–Trinajstić information content (AvgIpc) is 2.44. The number of benzene rings is 2. The number of halogens is 2. The van der Waals surface area contributed by atoms with E-state index < -0.39 is 0 Å². The molecule has 1 unspecified atom stereocenters. The molecule has 1 heterocycles. The molecule has 0 fully saturated rings. The third-order valence-corrected chi connectivity index (χ3v) is 4.55. The molecule has 0 amide bonds. The van der Waals surface area contributed by atoms with Gasteiger partial charge in [0.1, 0.15) is 0 Å². The highest BCUT2D eigenvalue weighted by Crippen LogP contribution is 2.34. The zero-order chi connectivity index (χ0) is 12.5. The first-order chi connectivity index (χ1) is 8.75. The van der Waals surface area contributed by atoms with Crippen LogP contribution in [0.4, 0.5) is 0 Å². The lowest BCUT2D eigenvalue weighted by molar-refractivity contribution is 0.498. The lowest BCUT2D eigenvalue weighted by atomic mass is 9.92. The van der Waals surface area contributed by atoms with Gasteiger partial charge in [0.2, 0.25) is 0 Å². The van der Waals surface area contributed by atoms with Crippen molar-refractivity contribution in [3.05, 3.63) is 68.7 Å². The molecule has 18 heavy (non-hydrogen) atoms. The van der Waals surface area contributed by atoms with Crippen molar-refractivity contribution in [1.82, 2.24) is 5.32 Å². The first kappa shape index (κ1) is 12.2. The summed E-state index contributed by atoms with van der Waals surface area (Å²) in [6, 6.07) is 14.9. The standard InChI is InChI=1S/C15H13BrClN/c16-13-6-7-14(17)12-9-18-15(8-11(12)13)10-4-2-1-3-5-10/h1-7,15,18H,8-9H2. The Kier molecular flexibility index (Phi) is 3.42. The summed E-state index contributed by atoms with van der Waals surface area (Å²) in [6.45, 7) is 0.827. The number of nitrogens with one attached hydrogen (secondary N) is 1. The van der Waals surface area contributed by atoms with Crippen LogP contribution < -0.4 is 5.32 Å². The Labute approximate surface area is 120 Å². The van der Waals surface area contributed by atoms with Crippen LogP contribution in [-0.2, 0) is 13.0 Å². The van der Waals surface area contributed by atoms with E-state index in [-0.39, 0.29) is 0 Å². The Morgan fingerprint density at radius 3 is 2.61 bits per heavy atom. The number of fused-ring (bicyclic) bond motifs is 1. The summed E-state index contributed by atoms with van der Waals surface area (Å²) in [5.41, 5.74) is 3.88. The van der Waals surface area contributed by atoms with Crippen LogP contribution in [0, 0.1) is 0 Å². The molecule has 2 aromatic carbocycles. The minimum absolute atomic E-state index is 0.369. The molecule has 1 atom stereocenters. The fourth-order valence-corrected chi connectivity index (χ4v) is 3.25. The van der Waals surface area contributed by atoms with Gasteiger partial charge in [-0.2, -0.15) is 0 Å². The third kappa shape index (κ3) is 2.20. The zero-order valence-corrected chi connectivity index (χ0v) is 12.1. The summed E-state index contributed by atoms with van der Waals surface area (Å²) in [5, 5.41) is 4.41. The highest BCUT2D eigenvalue weighted by molar-refractivity contribution is 9.10. The Morgan fingerprint density at radius 2 is 1.83 bits per heavy atom. The Morgan fingerprint density at radius 1 is 1.06 bits per heavy atom. The molecule has 0 saturated carbocycles. The van der Waals surface area contributed by atoms with Gasteiger partial charge in [0.05, 0.1) is 0 Å². The zero-order valence-electron chi connectivity index (χ0n) is 9.79. The Bertz CT molecular complexity index is 568. The molecule has 0 bridgehead atoms. The van der Waals surface area contributed by atoms with E-state index in [9.17, 15) is 0 Å². The van der Waals surface area contributed by atoms with Gasteiger partial charge in [-0.25, -0.2) is 0 Å². The van der Waals surface area contributed by atoms with E-state index in [4.69, 9.17) is 11.6 Å². The molecule has 1 nitrogen and oxygen atoms in total. The topological polar surface area (TPSA) is 12.0 Å². The molecule has 0 aliphatic carbocycles. The van der Waals surface area contributed by atoms with Gasteiger partial charge in [-0.15, -0.1) is 0 Å². The lowest BCUT2D eigenvalue weighted by Crippen LogP contribution is -2.29. The quantitative estimate of drug-likeness (QED) is 0.815. The molecular weight excluding hydrogens is 310 g/mol. The van der Waals surface area contributed by atoms with Crippen LogP contribution in [0.1, 0.15) is 22.7 Å². The molecule has 1 N–H and O–H groups in total. The minimum atomic E-state index is 0.369. The summed E-state index contributed by atoms with van der Waals surface area (Å²) in [5.74, 6) is 0. The SMILES string of the molecule is Clc1ccc(Br)c2c1CNC(c1ccccc1)C2. The highest BCUT2D eigenvalue weighted by Gasteiger charge is 2.22. The van der Waals surface area contributed by atoms with E-state index in [2.05, 4.69) is 45.5 Å². The van der Waals surface area contributed by atoms with Crippen LogP contribution in [0.5, 0.6) is 0 Å². The molecule has 0 saturated heterocycles. The van der Waals surface area contributed by atoms with E-state index in [0.29, 0.717) is 6.04 Å². The van der Waals surface area contributed by atoms with Gasteiger partial charge in [0.25, 0.3) is 0 Å². The van der Waals surface area contributed by atoms with Crippen molar-refractivity contribution in [3.8, 4) is 0 Å². The molecule has 1 aliphatic rings. The van der Waals surface area contributed by atoms with Gasteiger partial charge < -0.3 is 5.32 Å². The molecule has 0 spiro atoms. The second kappa shape index (κ2) is 5.04. The van der Waals surface area contributed by atoms with Gasteiger partial charge in [0, 0.05) is 22.1 Å². The van der Waals surface area contributed by atoms with Crippen LogP contribution in [0.25, 0.3) is 0 Å².